The first-order valence-electron chi connectivity index (χ1n) is 7.30. The van der Waals surface area contributed by atoms with Gasteiger partial charge >= 0.3 is 6.03 Å². The summed E-state index contributed by atoms with van der Waals surface area (Å²) >= 11 is 0. The Morgan fingerprint density at radius 1 is 1.24 bits per heavy atom. The fourth-order valence-electron chi connectivity index (χ4n) is 1.96. The van der Waals surface area contributed by atoms with Crippen molar-refractivity contribution in [3.05, 3.63) is 35.4 Å². The summed E-state index contributed by atoms with van der Waals surface area (Å²) in [5.74, 6) is 0.0387. The number of hydrogen-bond donors (Lipinski definition) is 3. The Labute approximate surface area is 127 Å². The van der Waals surface area contributed by atoms with E-state index in [4.69, 9.17) is 5.11 Å². The van der Waals surface area contributed by atoms with E-state index < -0.39 is 0 Å². The summed E-state index contributed by atoms with van der Waals surface area (Å²) in [7, 11) is 4.05. The molecule has 0 spiro atoms. The van der Waals surface area contributed by atoms with Gasteiger partial charge in [-0.05, 0) is 38.1 Å². The predicted octanol–water partition coefficient (Wildman–Crippen LogP) is 1.56. The van der Waals surface area contributed by atoms with E-state index in [1.165, 1.54) is 5.56 Å². The largest absolute Gasteiger partial charge is 0.396 e. The fourth-order valence-corrected chi connectivity index (χ4v) is 1.96. The molecule has 0 radical (unpaired) electrons. The molecule has 3 N–H and O–H groups in total. The Morgan fingerprint density at radius 3 is 2.43 bits per heavy atom. The van der Waals surface area contributed by atoms with E-state index in [1.54, 1.807) is 0 Å². The van der Waals surface area contributed by atoms with Crippen molar-refractivity contribution in [2.75, 3.05) is 20.7 Å². The van der Waals surface area contributed by atoms with Gasteiger partial charge in [-0.2, -0.15) is 0 Å². The molecular formula is C16H27N3O2. The molecule has 0 fully saturated rings. The smallest absolute Gasteiger partial charge is 0.315 e. The standard InChI is InChI=1S/C16H27N3O2/c1-12(11-20)13(2)18-16(21)17-9-14-7-5-6-8-15(14)10-19(3)4/h5-8,12-13,20H,9-11H2,1-4H3,(H2,17,18,21). The normalized spacial score (nSPS) is 13.8. The Morgan fingerprint density at radius 2 is 1.86 bits per heavy atom. The number of aliphatic hydroxyl groups excluding tert-OH is 1. The first-order valence-corrected chi connectivity index (χ1v) is 7.30. The van der Waals surface area contributed by atoms with Crippen LogP contribution in [0.5, 0.6) is 0 Å². The maximum atomic E-state index is 11.9. The van der Waals surface area contributed by atoms with Gasteiger partial charge in [-0.1, -0.05) is 31.2 Å². The van der Waals surface area contributed by atoms with E-state index in [-0.39, 0.29) is 24.6 Å². The third-order valence-electron chi connectivity index (χ3n) is 3.54. The number of carbonyl (C=O) groups is 1. The molecule has 0 saturated heterocycles. The molecule has 1 aromatic rings. The topological polar surface area (TPSA) is 64.6 Å². The van der Waals surface area contributed by atoms with Gasteiger partial charge in [-0.25, -0.2) is 4.79 Å². The van der Waals surface area contributed by atoms with E-state index in [9.17, 15) is 4.79 Å². The summed E-state index contributed by atoms with van der Waals surface area (Å²) in [5.41, 5.74) is 2.32. The Bertz CT molecular complexity index is 449. The van der Waals surface area contributed by atoms with E-state index >= 15 is 0 Å². The maximum absolute atomic E-state index is 11.9. The second-order valence-corrected chi connectivity index (χ2v) is 5.78. The van der Waals surface area contributed by atoms with Gasteiger partial charge in [0, 0.05) is 25.7 Å². The molecule has 1 rings (SSSR count). The fraction of sp³-hybridized carbons (Fsp3) is 0.562. The number of urea groups is 1. The van der Waals surface area contributed by atoms with Crippen LogP contribution in [0.25, 0.3) is 0 Å². The van der Waals surface area contributed by atoms with Gasteiger partial charge in [-0.3, -0.25) is 0 Å². The van der Waals surface area contributed by atoms with Gasteiger partial charge in [0.1, 0.15) is 0 Å². The molecule has 0 bridgehead atoms. The number of nitrogens with zero attached hydrogens (tertiary/aromatic N) is 1. The molecular weight excluding hydrogens is 266 g/mol. The zero-order valence-electron chi connectivity index (χ0n) is 13.4. The first kappa shape index (κ1) is 17.5. The lowest BCUT2D eigenvalue weighted by molar-refractivity contribution is 0.200. The van der Waals surface area contributed by atoms with E-state index in [1.807, 2.05) is 46.1 Å². The number of aliphatic hydroxyl groups is 1. The zero-order valence-corrected chi connectivity index (χ0v) is 13.4. The van der Waals surface area contributed by atoms with Crippen LogP contribution in [0.1, 0.15) is 25.0 Å². The van der Waals surface area contributed by atoms with Crippen molar-refractivity contribution in [2.45, 2.75) is 33.0 Å². The van der Waals surface area contributed by atoms with Crippen molar-refractivity contribution in [2.24, 2.45) is 5.92 Å². The summed E-state index contributed by atoms with van der Waals surface area (Å²) < 4.78 is 0. The molecule has 118 valence electrons. The van der Waals surface area contributed by atoms with Crippen molar-refractivity contribution >= 4 is 6.03 Å². The number of carbonyl (C=O) groups excluding carboxylic acids is 1. The molecule has 0 heterocycles. The quantitative estimate of drug-likeness (QED) is 0.715. The van der Waals surface area contributed by atoms with E-state index in [2.05, 4.69) is 21.6 Å². The lowest BCUT2D eigenvalue weighted by atomic mass is 10.1. The number of nitrogens with one attached hydrogen (secondary N) is 2. The SMILES string of the molecule is CC(CO)C(C)NC(=O)NCc1ccccc1CN(C)C. The Hall–Kier alpha value is -1.59. The maximum Gasteiger partial charge on any atom is 0.315 e. The molecule has 0 saturated carbocycles. The van der Waals surface area contributed by atoms with Crippen LogP contribution in [0.15, 0.2) is 24.3 Å². The van der Waals surface area contributed by atoms with Crippen molar-refractivity contribution in [1.29, 1.82) is 0 Å². The molecule has 5 heteroatoms. The average molecular weight is 293 g/mol. The van der Waals surface area contributed by atoms with Crippen molar-refractivity contribution in [1.82, 2.24) is 15.5 Å². The monoisotopic (exact) mass is 293 g/mol. The van der Waals surface area contributed by atoms with Crippen molar-refractivity contribution in [3.8, 4) is 0 Å². The third-order valence-corrected chi connectivity index (χ3v) is 3.54. The van der Waals surface area contributed by atoms with Gasteiger partial charge in [-0.15, -0.1) is 0 Å². The van der Waals surface area contributed by atoms with Crippen molar-refractivity contribution < 1.29 is 9.90 Å². The lowest BCUT2D eigenvalue weighted by Crippen LogP contribution is -2.44. The van der Waals surface area contributed by atoms with Crippen LogP contribution in [0.4, 0.5) is 4.79 Å². The molecule has 21 heavy (non-hydrogen) atoms. The minimum absolute atomic E-state index is 0.0387. The number of rotatable bonds is 7. The highest BCUT2D eigenvalue weighted by Crippen LogP contribution is 2.10. The highest BCUT2D eigenvalue weighted by molar-refractivity contribution is 5.74. The predicted molar refractivity (Wildman–Crippen MR) is 84.9 cm³/mol. The summed E-state index contributed by atoms with van der Waals surface area (Å²) in [4.78, 5) is 14.0. The van der Waals surface area contributed by atoms with Crippen LogP contribution in [0, 0.1) is 5.92 Å². The average Bonchev–Trinajstić information content (AvgIpc) is 2.44. The van der Waals surface area contributed by atoms with Gasteiger partial charge < -0.3 is 20.6 Å². The van der Waals surface area contributed by atoms with Gasteiger partial charge in [0.25, 0.3) is 0 Å². The minimum atomic E-state index is -0.206. The molecule has 0 aliphatic rings. The van der Waals surface area contributed by atoms with Gasteiger partial charge in [0.05, 0.1) is 0 Å². The Balaban J connectivity index is 2.53. The Kier molecular flexibility index (Phi) is 7.19. The molecule has 0 aliphatic carbocycles. The number of amides is 2. The summed E-state index contributed by atoms with van der Waals surface area (Å²) in [6, 6.07) is 7.82. The van der Waals surface area contributed by atoms with E-state index in [0.29, 0.717) is 6.54 Å². The molecule has 0 aliphatic heterocycles. The molecule has 2 unspecified atom stereocenters. The molecule has 5 nitrogen and oxygen atoms in total. The second-order valence-electron chi connectivity index (χ2n) is 5.78. The summed E-state index contributed by atoms with van der Waals surface area (Å²) in [5, 5.41) is 14.8. The van der Waals surface area contributed by atoms with E-state index in [0.717, 1.165) is 12.1 Å². The van der Waals surface area contributed by atoms with Crippen LogP contribution in [-0.4, -0.2) is 42.8 Å². The van der Waals surface area contributed by atoms with Crippen LogP contribution < -0.4 is 10.6 Å². The molecule has 2 atom stereocenters. The van der Waals surface area contributed by atoms with Crippen LogP contribution in [0.3, 0.4) is 0 Å². The minimum Gasteiger partial charge on any atom is -0.396 e. The van der Waals surface area contributed by atoms with Crippen LogP contribution in [0.2, 0.25) is 0 Å². The summed E-state index contributed by atoms with van der Waals surface area (Å²) in [6.07, 6.45) is 0. The molecule has 2 amide bonds. The first-order chi connectivity index (χ1) is 9.93. The zero-order chi connectivity index (χ0) is 15.8. The highest BCUT2D eigenvalue weighted by Gasteiger charge is 2.13. The number of benzene rings is 1. The van der Waals surface area contributed by atoms with Crippen molar-refractivity contribution in [3.63, 3.8) is 0 Å². The van der Waals surface area contributed by atoms with Gasteiger partial charge in [0.2, 0.25) is 0 Å². The lowest BCUT2D eigenvalue weighted by Gasteiger charge is -2.20. The number of hydrogen-bond acceptors (Lipinski definition) is 3. The highest BCUT2D eigenvalue weighted by atomic mass is 16.3. The van der Waals surface area contributed by atoms with Crippen LogP contribution >= 0.6 is 0 Å². The molecule has 0 aromatic heterocycles. The van der Waals surface area contributed by atoms with Gasteiger partial charge in [0.15, 0.2) is 0 Å². The second kappa shape index (κ2) is 8.64. The van der Waals surface area contributed by atoms with Crippen LogP contribution in [-0.2, 0) is 13.1 Å². The third kappa shape index (κ3) is 6.14. The summed E-state index contributed by atoms with van der Waals surface area (Å²) in [6.45, 7) is 5.19. The molecule has 1 aromatic carbocycles.